The summed E-state index contributed by atoms with van der Waals surface area (Å²) in [7, 11) is 0. The molecule has 0 atom stereocenters. The van der Waals surface area contributed by atoms with Crippen molar-refractivity contribution in [2.45, 2.75) is 45.4 Å². The van der Waals surface area contributed by atoms with Crippen molar-refractivity contribution in [1.82, 2.24) is 14.3 Å². The normalized spacial score (nSPS) is 15.9. The maximum absolute atomic E-state index is 12.3. The molecule has 0 radical (unpaired) electrons. The fourth-order valence-corrected chi connectivity index (χ4v) is 3.43. The molecule has 2 heterocycles. The van der Waals surface area contributed by atoms with E-state index in [1.54, 1.807) is 0 Å². The SMILES string of the molecule is Cc1nsc(N2CCCN(C(=O)CCCCCCN)CC2)n1. The Balaban J connectivity index is 1.74. The topological polar surface area (TPSA) is 75.4 Å². The lowest BCUT2D eigenvalue weighted by Gasteiger charge is -2.21. The Hall–Kier alpha value is -1.21. The highest BCUT2D eigenvalue weighted by atomic mass is 32.1. The Kier molecular flexibility index (Phi) is 7.05. The van der Waals surface area contributed by atoms with Gasteiger partial charge in [0.15, 0.2) is 0 Å². The second-order valence-electron chi connectivity index (χ2n) is 5.80. The molecule has 1 saturated heterocycles. The Morgan fingerprint density at radius 1 is 1.18 bits per heavy atom. The largest absolute Gasteiger partial charge is 0.345 e. The molecule has 1 aromatic heterocycles. The van der Waals surface area contributed by atoms with E-state index in [1.807, 2.05) is 11.8 Å². The van der Waals surface area contributed by atoms with Gasteiger partial charge >= 0.3 is 0 Å². The van der Waals surface area contributed by atoms with Gasteiger partial charge < -0.3 is 15.5 Å². The monoisotopic (exact) mass is 325 g/mol. The molecule has 0 aliphatic carbocycles. The maximum atomic E-state index is 12.3. The minimum absolute atomic E-state index is 0.294. The van der Waals surface area contributed by atoms with E-state index in [9.17, 15) is 4.79 Å². The zero-order valence-electron chi connectivity index (χ0n) is 13.5. The molecule has 0 bridgehead atoms. The number of hydrogen-bond donors (Lipinski definition) is 1. The van der Waals surface area contributed by atoms with Gasteiger partial charge in [-0.1, -0.05) is 12.8 Å². The molecule has 2 rings (SSSR count). The van der Waals surface area contributed by atoms with E-state index < -0.39 is 0 Å². The summed E-state index contributed by atoms with van der Waals surface area (Å²) in [5.41, 5.74) is 5.48. The van der Waals surface area contributed by atoms with E-state index in [0.717, 1.165) is 75.8 Å². The first-order chi connectivity index (χ1) is 10.7. The molecule has 22 heavy (non-hydrogen) atoms. The van der Waals surface area contributed by atoms with Crippen molar-refractivity contribution in [2.24, 2.45) is 5.73 Å². The summed E-state index contributed by atoms with van der Waals surface area (Å²) >= 11 is 1.45. The number of amides is 1. The predicted octanol–water partition coefficient (Wildman–Crippen LogP) is 1.79. The molecule has 0 unspecified atom stereocenters. The van der Waals surface area contributed by atoms with Gasteiger partial charge in [0.05, 0.1) is 0 Å². The van der Waals surface area contributed by atoms with Crippen LogP contribution in [0.5, 0.6) is 0 Å². The van der Waals surface area contributed by atoms with Crippen molar-refractivity contribution in [3.05, 3.63) is 5.82 Å². The molecule has 6 nitrogen and oxygen atoms in total. The zero-order chi connectivity index (χ0) is 15.8. The summed E-state index contributed by atoms with van der Waals surface area (Å²) in [4.78, 5) is 21.0. The lowest BCUT2D eigenvalue weighted by atomic mass is 10.1. The zero-order valence-corrected chi connectivity index (χ0v) is 14.3. The van der Waals surface area contributed by atoms with Crippen LogP contribution in [0.25, 0.3) is 0 Å². The molecule has 0 saturated carbocycles. The highest BCUT2D eigenvalue weighted by molar-refractivity contribution is 7.09. The fourth-order valence-electron chi connectivity index (χ4n) is 2.70. The number of carbonyl (C=O) groups excluding carboxylic acids is 1. The first-order valence-corrected chi connectivity index (χ1v) is 9.01. The van der Waals surface area contributed by atoms with Crippen molar-refractivity contribution < 1.29 is 4.79 Å². The van der Waals surface area contributed by atoms with Gasteiger partial charge in [0, 0.05) is 44.1 Å². The first-order valence-electron chi connectivity index (χ1n) is 8.24. The van der Waals surface area contributed by atoms with Gasteiger partial charge in [0.2, 0.25) is 11.0 Å². The van der Waals surface area contributed by atoms with Gasteiger partial charge in [0.25, 0.3) is 0 Å². The number of rotatable bonds is 7. The molecule has 7 heteroatoms. The van der Waals surface area contributed by atoms with Crippen LogP contribution in [0.1, 0.15) is 44.3 Å². The van der Waals surface area contributed by atoms with Gasteiger partial charge in [-0.15, -0.1) is 0 Å². The van der Waals surface area contributed by atoms with Gasteiger partial charge in [-0.25, -0.2) is 4.98 Å². The van der Waals surface area contributed by atoms with Gasteiger partial charge in [-0.2, -0.15) is 4.37 Å². The summed E-state index contributed by atoms with van der Waals surface area (Å²) in [5.74, 6) is 1.12. The fraction of sp³-hybridized carbons (Fsp3) is 0.800. The molecule has 124 valence electrons. The predicted molar refractivity (Wildman–Crippen MR) is 90.2 cm³/mol. The summed E-state index contributed by atoms with van der Waals surface area (Å²) < 4.78 is 4.24. The Labute approximate surface area is 136 Å². The van der Waals surface area contributed by atoms with Crippen LogP contribution in [0.4, 0.5) is 5.13 Å². The highest BCUT2D eigenvalue weighted by Crippen LogP contribution is 2.19. The summed E-state index contributed by atoms with van der Waals surface area (Å²) in [6.07, 6.45) is 5.95. The van der Waals surface area contributed by atoms with E-state index in [0.29, 0.717) is 12.3 Å². The van der Waals surface area contributed by atoms with E-state index in [4.69, 9.17) is 5.73 Å². The van der Waals surface area contributed by atoms with Crippen LogP contribution in [0.2, 0.25) is 0 Å². The van der Waals surface area contributed by atoms with Crippen LogP contribution < -0.4 is 10.6 Å². The molecular weight excluding hydrogens is 298 g/mol. The Bertz CT molecular complexity index is 465. The second-order valence-corrected chi connectivity index (χ2v) is 6.53. The van der Waals surface area contributed by atoms with Crippen LogP contribution in [0.3, 0.4) is 0 Å². The number of nitrogens with two attached hydrogens (primary N) is 1. The summed E-state index contributed by atoms with van der Waals surface area (Å²) in [5, 5.41) is 0.980. The minimum atomic E-state index is 0.294. The number of aryl methyl sites for hydroxylation is 1. The number of hydrogen-bond acceptors (Lipinski definition) is 6. The van der Waals surface area contributed by atoms with Crippen LogP contribution in [-0.2, 0) is 4.79 Å². The van der Waals surface area contributed by atoms with E-state index in [-0.39, 0.29) is 0 Å². The average molecular weight is 325 g/mol. The van der Waals surface area contributed by atoms with Crippen LogP contribution in [0.15, 0.2) is 0 Å². The molecule has 0 spiro atoms. The minimum Gasteiger partial charge on any atom is -0.345 e. The van der Waals surface area contributed by atoms with Gasteiger partial charge in [0.1, 0.15) is 5.82 Å². The molecule has 2 N–H and O–H groups in total. The Morgan fingerprint density at radius 3 is 2.73 bits per heavy atom. The first kappa shape index (κ1) is 17.1. The van der Waals surface area contributed by atoms with Gasteiger partial charge in [-0.05, 0) is 32.7 Å². The third-order valence-electron chi connectivity index (χ3n) is 3.98. The summed E-state index contributed by atoms with van der Waals surface area (Å²) in [6.45, 7) is 6.12. The van der Waals surface area contributed by atoms with Crippen LogP contribution >= 0.6 is 11.5 Å². The molecule has 1 aliphatic heterocycles. The average Bonchev–Trinajstić information content (AvgIpc) is 2.80. The number of aromatic nitrogens is 2. The molecular formula is C15H27N5OS. The van der Waals surface area contributed by atoms with Gasteiger partial charge in [-0.3, -0.25) is 4.79 Å². The number of carbonyl (C=O) groups is 1. The van der Waals surface area contributed by atoms with Crippen molar-refractivity contribution >= 4 is 22.6 Å². The van der Waals surface area contributed by atoms with E-state index in [2.05, 4.69) is 14.3 Å². The smallest absolute Gasteiger partial charge is 0.222 e. The lowest BCUT2D eigenvalue weighted by Crippen LogP contribution is -2.35. The van der Waals surface area contributed by atoms with Crippen molar-refractivity contribution in [1.29, 1.82) is 0 Å². The third kappa shape index (κ3) is 5.21. The van der Waals surface area contributed by atoms with Crippen molar-refractivity contribution in [3.8, 4) is 0 Å². The van der Waals surface area contributed by atoms with E-state index >= 15 is 0 Å². The molecule has 1 aromatic rings. The van der Waals surface area contributed by atoms with Crippen molar-refractivity contribution in [2.75, 3.05) is 37.6 Å². The van der Waals surface area contributed by atoms with Crippen LogP contribution in [0, 0.1) is 6.92 Å². The summed E-state index contributed by atoms with van der Waals surface area (Å²) in [6, 6.07) is 0. The Morgan fingerprint density at radius 2 is 2.00 bits per heavy atom. The second kappa shape index (κ2) is 9.05. The van der Waals surface area contributed by atoms with Crippen LogP contribution in [-0.4, -0.2) is 52.9 Å². The lowest BCUT2D eigenvalue weighted by molar-refractivity contribution is -0.131. The van der Waals surface area contributed by atoms with Crippen molar-refractivity contribution in [3.63, 3.8) is 0 Å². The third-order valence-corrected chi connectivity index (χ3v) is 4.85. The quantitative estimate of drug-likeness (QED) is 0.774. The standard InChI is InChI=1S/C15H27N5OS/c1-13-17-15(22-18-13)20-10-6-9-19(11-12-20)14(21)7-4-2-3-5-8-16/h2-12,16H2,1H3. The molecule has 1 aliphatic rings. The molecule has 0 aromatic carbocycles. The molecule has 1 amide bonds. The maximum Gasteiger partial charge on any atom is 0.222 e. The highest BCUT2D eigenvalue weighted by Gasteiger charge is 2.20. The number of nitrogens with zero attached hydrogens (tertiary/aromatic N) is 4. The van der Waals surface area contributed by atoms with E-state index in [1.165, 1.54) is 11.5 Å². The number of unbranched alkanes of at least 4 members (excludes halogenated alkanes) is 3. The number of anilines is 1. The molecule has 1 fully saturated rings.